The van der Waals surface area contributed by atoms with Gasteiger partial charge >= 0.3 is 0 Å². The van der Waals surface area contributed by atoms with Crippen molar-refractivity contribution in [2.24, 2.45) is 0 Å². The number of para-hydroxylation sites is 2. The van der Waals surface area contributed by atoms with Gasteiger partial charge in [0.2, 0.25) is 0 Å². The lowest BCUT2D eigenvalue weighted by atomic mass is 9.90. The Morgan fingerprint density at radius 1 is 0.800 bits per heavy atom. The summed E-state index contributed by atoms with van der Waals surface area (Å²) in [7, 11) is 0. The van der Waals surface area contributed by atoms with Gasteiger partial charge in [-0.2, -0.15) is 0 Å². The number of pyridine rings is 2. The molecule has 4 heteroatoms. The van der Waals surface area contributed by atoms with E-state index < -0.39 is 6.04 Å². The highest BCUT2D eigenvalue weighted by atomic mass is 16.1. The van der Waals surface area contributed by atoms with Crippen LogP contribution in [-0.4, -0.2) is 22.3 Å². The van der Waals surface area contributed by atoms with E-state index in [1.54, 1.807) is 12.4 Å². The lowest BCUT2D eigenvalue weighted by Crippen LogP contribution is -2.35. The molecule has 0 saturated carbocycles. The standard InChI is InChI=1S/C26H19N3O/c30-18-25-23(22-12-6-8-19-9-7-15-28-26(19)22)16-20(24-13-4-5-14-27-24)17-29(25)21-10-2-1-3-11-21/h1-18,25H. The summed E-state index contributed by atoms with van der Waals surface area (Å²) in [4.78, 5) is 23.5. The fraction of sp³-hybridized carbons (Fsp3) is 0.0385. The second-order valence-corrected chi connectivity index (χ2v) is 7.10. The Balaban J connectivity index is 1.74. The average Bonchev–Trinajstić information content (AvgIpc) is 2.84. The molecule has 2 aromatic carbocycles. The molecule has 1 atom stereocenters. The van der Waals surface area contributed by atoms with Crippen molar-refractivity contribution in [1.82, 2.24) is 9.97 Å². The van der Waals surface area contributed by atoms with Crippen molar-refractivity contribution in [2.45, 2.75) is 6.04 Å². The Labute approximate surface area is 174 Å². The first-order valence-corrected chi connectivity index (χ1v) is 9.83. The Morgan fingerprint density at radius 3 is 2.40 bits per heavy atom. The Bertz CT molecular complexity index is 1260. The predicted octanol–water partition coefficient (Wildman–Crippen LogP) is 5.14. The molecule has 4 aromatic rings. The summed E-state index contributed by atoms with van der Waals surface area (Å²) in [5, 5.41) is 1.04. The SMILES string of the molecule is O=CC1C(c2cccc3cccnc23)=CC(c2ccccn2)=CN1c1ccccc1. The third kappa shape index (κ3) is 3.18. The van der Waals surface area contributed by atoms with Crippen LogP contribution in [-0.2, 0) is 4.79 Å². The van der Waals surface area contributed by atoms with Gasteiger partial charge in [-0.15, -0.1) is 0 Å². The molecule has 0 fully saturated rings. The van der Waals surface area contributed by atoms with Crippen LogP contribution in [0.2, 0.25) is 0 Å². The van der Waals surface area contributed by atoms with Crippen LogP contribution in [0.25, 0.3) is 22.0 Å². The average molecular weight is 389 g/mol. The van der Waals surface area contributed by atoms with E-state index in [2.05, 4.69) is 16.0 Å². The highest BCUT2D eigenvalue weighted by Gasteiger charge is 2.28. The van der Waals surface area contributed by atoms with Crippen molar-refractivity contribution in [3.05, 3.63) is 115 Å². The largest absolute Gasteiger partial charge is 0.333 e. The number of carbonyl (C=O) groups is 1. The smallest absolute Gasteiger partial charge is 0.147 e. The molecular formula is C26H19N3O. The van der Waals surface area contributed by atoms with Gasteiger partial charge in [0.15, 0.2) is 0 Å². The number of benzene rings is 2. The Morgan fingerprint density at radius 2 is 1.60 bits per heavy atom. The van der Waals surface area contributed by atoms with Gasteiger partial charge in [0.1, 0.15) is 12.3 Å². The first kappa shape index (κ1) is 18.0. The van der Waals surface area contributed by atoms with Crippen molar-refractivity contribution in [2.75, 3.05) is 4.90 Å². The van der Waals surface area contributed by atoms with Gasteiger partial charge in [-0.3, -0.25) is 9.97 Å². The van der Waals surface area contributed by atoms with Crippen molar-refractivity contribution in [3.8, 4) is 0 Å². The van der Waals surface area contributed by atoms with E-state index in [9.17, 15) is 4.79 Å². The fourth-order valence-electron chi connectivity index (χ4n) is 3.89. The first-order valence-electron chi connectivity index (χ1n) is 9.83. The first-order chi connectivity index (χ1) is 14.8. The summed E-state index contributed by atoms with van der Waals surface area (Å²) >= 11 is 0. The monoisotopic (exact) mass is 389 g/mol. The number of hydrogen-bond acceptors (Lipinski definition) is 4. The van der Waals surface area contributed by atoms with Crippen LogP contribution in [0.1, 0.15) is 11.3 Å². The summed E-state index contributed by atoms with van der Waals surface area (Å²) in [5.41, 5.74) is 5.48. The van der Waals surface area contributed by atoms with Gasteiger partial charge in [0.25, 0.3) is 0 Å². The van der Waals surface area contributed by atoms with Crippen LogP contribution < -0.4 is 4.90 Å². The number of nitrogens with zero attached hydrogens (tertiary/aromatic N) is 3. The molecule has 4 nitrogen and oxygen atoms in total. The van der Waals surface area contributed by atoms with Gasteiger partial charge in [-0.05, 0) is 42.0 Å². The molecule has 1 aliphatic heterocycles. The van der Waals surface area contributed by atoms with Gasteiger partial charge < -0.3 is 9.69 Å². The molecule has 0 spiro atoms. The zero-order valence-corrected chi connectivity index (χ0v) is 16.2. The third-order valence-electron chi connectivity index (χ3n) is 5.30. The molecule has 0 N–H and O–H groups in total. The molecule has 2 aromatic heterocycles. The van der Waals surface area contributed by atoms with E-state index in [0.717, 1.165) is 45.3 Å². The second-order valence-electron chi connectivity index (χ2n) is 7.10. The summed E-state index contributed by atoms with van der Waals surface area (Å²) in [5.74, 6) is 0. The maximum Gasteiger partial charge on any atom is 0.147 e. The Kier molecular flexibility index (Phi) is 4.66. The number of hydrogen-bond donors (Lipinski definition) is 0. The van der Waals surface area contributed by atoms with Crippen molar-refractivity contribution in [1.29, 1.82) is 0 Å². The number of aldehydes is 1. The zero-order chi connectivity index (χ0) is 20.3. The minimum atomic E-state index is -0.465. The molecule has 0 aliphatic carbocycles. The lowest BCUT2D eigenvalue weighted by Gasteiger charge is -2.33. The molecule has 1 unspecified atom stereocenters. The zero-order valence-electron chi connectivity index (χ0n) is 16.2. The molecule has 0 saturated heterocycles. The van der Waals surface area contributed by atoms with Crippen molar-refractivity contribution in [3.63, 3.8) is 0 Å². The van der Waals surface area contributed by atoms with Crippen LogP contribution in [0.15, 0.2) is 104 Å². The molecule has 144 valence electrons. The van der Waals surface area contributed by atoms with E-state index >= 15 is 0 Å². The highest BCUT2D eigenvalue weighted by molar-refractivity contribution is 6.03. The number of fused-ring (bicyclic) bond motifs is 1. The number of carbonyl (C=O) groups excluding carboxylic acids is 1. The van der Waals surface area contributed by atoms with E-state index in [1.165, 1.54) is 0 Å². The van der Waals surface area contributed by atoms with E-state index in [-0.39, 0.29) is 0 Å². The minimum Gasteiger partial charge on any atom is -0.333 e. The van der Waals surface area contributed by atoms with Crippen LogP contribution in [0, 0.1) is 0 Å². The topological polar surface area (TPSA) is 46.1 Å². The van der Waals surface area contributed by atoms with Crippen LogP contribution >= 0.6 is 0 Å². The molecule has 0 radical (unpaired) electrons. The number of aromatic nitrogens is 2. The Hall–Kier alpha value is -4.05. The molecule has 0 amide bonds. The maximum atomic E-state index is 12.4. The van der Waals surface area contributed by atoms with Crippen molar-refractivity contribution < 1.29 is 4.79 Å². The molecule has 1 aliphatic rings. The quantitative estimate of drug-likeness (QED) is 0.453. The van der Waals surface area contributed by atoms with Crippen LogP contribution in [0.4, 0.5) is 5.69 Å². The van der Waals surface area contributed by atoms with E-state index in [1.807, 2.05) is 90.0 Å². The fourth-order valence-corrected chi connectivity index (χ4v) is 3.89. The molecule has 0 bridgehead atoms. The summed E-state index contributed by atoms with van der Waals surface area (Å²) in [6.45, 7) is 0. The summed E-state index contributed by atoms with van der Waals surface area (Å²) in [6.07, 6.45) is 8.62. The molecule has 5 rings (SSSR count). The number of rotatable bonds is 4. The molecular weight excluding hydrogens is 370 g/mol. The van der Waals surface area contributed by atoms with Gasteiger partial charge in [-0.25, -0.2) is 0 Å². The summed E-state index contributed by atoms with van der Waals surface area (Å²) < 4.78 is 0. The molecule has 3 heterocycles. The normalized spacial score (nSPS) is 16.1. The number of allylic oxidation sites excluding steroid dienone is 2. The number of anilines is 1. The molecule has 30 heavy (non-hydrogen) atoms. The van der Waals surface area contributed by atoms with Crippen LogP contribution in [0.3, 0.4) is 0 Å². The maximum absolute atomic E-state index is 12.4. The third-order valence-corrected chi connectivity index (χ3v) is 5.30. The second kappa shape index (κ2) is 7.76. The van der Waals surface area contributed by atoms with E-state index in [0.29, 0.717) is 0 Å². The summed E-state index contributed by atoms with van der Waals surface area (Å²) in [6, 6.07) is 25.3. The highest BCUT2D eigenvalue weighted by Crippen LogP contribution is 2.36. The van der Waals surface area contributed by atoms with Crippen LogP contribution in [0.5, 0.6) is 0 Å². The van der Waals surface area contributed by atoms with Gasteiger partial charge in [0, 0.05) is 40.8 Å². The van der Waals surface area contributed by atoms with E-state index in [4.69, 9.17) is 0 Å². The van der Waals surface area contributed by atoms with Gasteiger partial charge in [-0.1, -0.05) is 48.5 Å². The lowest BCUT2D eigenvalue weighted by molar-refractivity contribution is -0.107. The van der Waals surface area contributed by atoms with Gasteiger partial charge in [0.05, 0.1) is 11.2 Å². The predicted molar refractivity (Wildman–Crippen MR) is 121 cm³/mol. The van der Waals surface area contributed by atoms with Crippen molar-refractivity contribution >= 4 is 34.0 Å². The minimum absolute atomic E-state index is 0.465.